The summed E-state index contributed by atoms with van der Waals surface area (Å²) in [5.41, 5.74) is 3.68. The zero-order valence-electron chi connectivity index (χ0n) is 13.3. The number of allylic oxidation sites excluding steroid dienone is 3. The zero-order valence-corrected chi connectivity index (χ0v) is 13.3. The topological polar surface area (TPSA) is 0 Å². The smallest absolute Gasteiger partial charge is 0.0292 e. The second-order valence-corrected chi connectivity index (χ2v) is 6.40. The number of hydrogen-bond donors (Lipinski definition) is 0. The molecule has 0 heteroatoms. The van der Waals surface area contributed by atoms with E-state index in [0.29, 0.717) is 0 Å². The molecule has 19 heavy (non-hydrogen) atoms. The Balaban J connectivity index is 2.32. The molecule has 0 aliphatic heterocycles. The minimum Gasteiger partial charge on any atom is -0.103 e. The van der Waals surface area contributed by atoms with E-state index in [2.05, 4.69) is 20.4 Å². The quantitative estimate of drug-likeness (QED) is 0.299. The Morgan fingerprint density at radius 3 is 2.53 bits per heavy atom. The highest BCUT2D eigenvalue weighted by Gasteiger charge is 2.16. The van der Waals surface area contributed by atoms with Gasteiger partial charge in [0, 0.05) is 0 Å². The minimum atomic E-state index is 0.932. The molecule has 0 aromatic rings. The van der Waals surface area contributed by atoms with Crippen LogP contribution >= 0.6 is 0 Å². The first-order chi connectivity index (χ1) is 9.27. The summed E-state index contributed by atoms with van der Waals surface area (Å²) in [6.45, 7) is 8.53. The van der Waals surface area contributed by atoms with Crippen LogP contribution in [0.25, 0.3) is 0 Å². The molecule has 0 aromatic carbocycles. The van der Waals surface area contributed by atoms with Gasteiger partial charge in [-0.2, -0.15) is 0 Å². The number of hydrogen-bond acceptors (Lipinski definition) is 0. The van der Waals surface area contributed by atoms with Crippen molar-refractivity contribution in [1.29, 1.82) is 0 Å². The maximum absolute atomic E-state index is 3.79. The van der Waals surface area contributed by atoms with Crippen LogP contribution in [0.1, 0.15) is 90.9 Å². The molecule has 110 valence electrons. The molecule has 0 saturated carbocycles. The van der Waals surface area contributed by atoms with Crippen molar-refractivity contribution in [3.8, 4) is 0 Å². The minimum absolute atomic E-state index is 0.932. The van der Waals surface area contributed by atoms with Crippen LogP contribution in [0, 0.1) is 5.92 Å². The first-order valence-corrected chi connectivity index (χ1v) is 8.58. The number of rotatable bonds is 10. The van der Waals surface area contributed by atoms with E-state index in [1.54, 1.807) is 0 Å². The predicted molar refractivity (Wildman–Crippen MR) is 87.5 cm³/mol. The molecule has 0 amide bonds. The molecule has 1 aliphatic carbocycles. The summed E-state index contributed by atoms with van der Waals surface area (Å²) in [4.78, 5) is 0. The summed E-state index contributed by atoms with van der Waals surface area (Å²) in [7, 11) is 0. The van der Waals surface area contributed by atoms with E-state index in [0.717, 1.165) is 5.92 Å². The molecule has 1 atom stereocenters. The fourth-order valence-corrected chi connectivity index (χ4v) is 3.22. The van der Waals surface area contributed by atoms with Gasteiger partial charge in [0.05, 0.1) is 0 Å². The molecule has 1 unspecified atom stereocenters. The summed E-state index contributed by atoms with van der Waals surface area (Å²) in [6, 6.07) is 0. The van der Waals surface area contributed by atoms with E-state index in [4.69, 9.17) is 0 Å². The van der Waals surface area contributed by atoms with E-state index in [-0.39, 0.29) is 0 Å². The second kappa shape index (κ2) is 10.3. The molecule has 0 bridgehead atoms. The molecule has 1 rings (SSSR count). The molecular formula is C19H34. The van der Waals surface area contributed by atoms with Crippen LogP contribution in [0.3, 0.4) is 0 Å². The molecule has 0 nitrogen and oxygen atoms in total. The van der Waals surface area contributed by atoms with Gasteiger partial charge in [-0.15, -0.1) is 6.58 Å². The lowest BCUT2D eigenvalue weighted by molar-refractivity contribution is 0.469. The molecule has 0 saturated heterocycles. The van der Waals surface area contributed by atoms with Crippen LogP contribution in [0.4, 0.5) is 0 Å². The third-order valence-corrected chi connectivity index (χ3v) is 4.50. The Morgan fingerprint density at radius 2 is 1.79 bits per heavy atom. The van der Waals surface area contributed by atoms with Gasteiger partial charge in [-0.05, 0) is 63.7 Å². The third-order valence-electron chi connectivity index (χ3n) is 4.50. The van der Waals surface area contributed by atoms with E-state index in [1.807, 2.05) is 17.2 Å². The van der Waals surface area contributed by atoms with Gasteiger partial charge in [-0.25, -0.2) is 0 Å². The molecule has 1 aliphatic rings. The largest absolute Gasteiger partial charge is 0.103 e. The summed E-state index contributed by atoms with van der Waals surface area (Å²) in [5.74, 6) is 0.932. The van der Waals surface area contributed by atoms with Gasteiger partial charge in [0.2, 0.25) is 0 Å². The average molecular weight is 262 g/mol. The lowest BCUT2D eigenvalue weighted by atomic mass is 9.81. The monoisotopic (exact) mass is 262 g/mol. The van der Waals surface area contributed by atoms with E-state index >= 15 is 0 Å². The Kier molecular flexibility index (Phi) is 8.95. The zero-order chi connectivity index (χ0) is 13.9. The van der Waals surface area contributed by atoms with Crippen LogP contribution in [0.5, 0.6) is 0 Å². The van der Waals surface area contributed by atoms with Gasteiger partial charge in [-0.1, -0.05) is 50.3 Å². The highest BCUT2D eigenvalue weighted by atomic mass is 14.2. The van der Waals surface area contributed by atoms with Crippen molar-refractivity contribution in [2.45, 2.75) is 90.9 Å². The Hall–Kier alpha value is -0.520. The summed E-state index contributed by atoms with van der Waals surface area (Å²) >= 11 is 0. The maximum atomic E-state index is 3.79. The van der Waals surface area contributed by atoms with Gasteiger partial charge in [0.25, 0.3) is 0 Å². The first kappa shape index (κ1) is 16.5. The molecule has 0 radical (unpaired) electrons. The molecule has 0 spiro atoms. The second-order valence-electron chi connectivity index (χ2n) is 6.40. The molecule has 0 heterocycles. The van der Waals surface area contributed by atoms with Crippen molar-refractivity contribution in [3.63, 3.8) is 0 Å². The lowest BCUT2D eigenvalue weighted by Crippen LogP contribution is -2.08. The van der Waals surface area contributed by atoms with Crippen molar-refractivity contribution in [2.75, 3.05) is 0 Å². The Bertz CT molecular complexity index is 272. The third kappa shape index (κ3) is 6.99. The van der Waals surface area contributed by atoms with Gasteiger partial charge in [0.1, 0.15) is 0 Å². The Morgan fingerprint density at radius 1 is 1.05 bits per heavy atom. The predicted octanol–water partition coefficient (Wildman–Crippen LogP) is 6.82. The highest BCUT2D eigenvalue weighted by Crippen LogP contribution is 2.34. The Labute approximate surface area is 121 Å². The molecule has 0 N–H and O–H groups in total. The fourth-order valence-electron chi connectivity index (χ4n) is 3.22. The van der Waals surface area contributed by atoms with Gasteiger partial charge >= 0.3 is 0 Å². The van der Waals surface area contributed by atoms with Crippen molar-refractivity contribution in [3.05, 3.63) is 23.8 Å². The van der Waals surface area contributed by atoms with Crippen LogP contribution in [-0.4, -0.2) is 0 Å². The SMILES string of the molecule is C=CCCCCCCC1=C(CCCC)CCC(C)C1. The lowest BCUT2D eigenvalue weighted by Gasteiger charge is -2.25. The molecule has 0 aromatic heterocycles. The van der Waals surface area contributed by atoms with Gasteiger partial charge in [0.15, 0.2) is 0 Å². The highest BCUT2D eigenvalue weighted by molar-refractivity contribution is 5.18. The van der Waals surface area contributed by atoms with Crippen LogP contribution in [-0.2, 0) is 0 Å². The summed E-state index contributed by atoms with van der Waals surface area (Å²) in [6.07, 6.45) is 18.5. The normalized spacial score (nSPS) is 19.8. The summed E-state index contributed by atoms with van der Waals surface area (Å²) in [5, 5.41) is 0. The summed E-state index contributed by atoms with van der Waals surface area (Å²) < 4.78 is 0. The van der Waals surface area contributed by atoms with Gasteiger partial charge < -0.3 is 0 Å². The van der Waals surface area contributed by atoms with Crippen LogP contribution in [0.15, 0.2) is 23.8 Å². The average Bonchev–Trinajstić information content (AvgIpc) is 2.42. The van der Waals surface area contributed by atoms with E-state index in [1.165, 1.54) is 77.0 Å². The molecular weight excluding hydrogens is 228 g/mol. The standard InChI is InChI=1S/C19H34/c1-4-6-8-9-10-11-13-19-16-17(3)14-15-18(19)12-7-5-2/h4,17H,1,5-16H2,2-3H3. The van der Waals surface area contributed by atoms with Crippen molar-refractivity contribution in [1.82, 2.24) is 0 Å². The van der Waals surface area contributed by atoms with Crippen molar-refractivity contribution >= 4 is 0 Å². The van der Waals surface area contributed by atoms with Gasteiger partial charge in [-0.3, -0.25) is 0 Å². The van der Waals surface area contributed by atoms with Crippen molar-refractivity contribution in [2.24, 2.45) is 5.92 Å². The molecule has 0 fully saturated rings. The first-order valence-electron chi connectivity index (χ1n) is 8.58. The number of unbranched alkanes of at least 4 members (excludes halogenated alkanes) is 5. The maximum Gasteiger partial charge on any atom is -0.0292 e. The van der Waals surface area contributed by atoms with E-state index in [9.17, 15) is 0 Å². The van der Waals surface area contributed by atoms with Crippen LogP contribution < -0.4 is 0 Å². The van der Waals surface area contributed by atoms with E-state index < -0.39 is 0 Å². The van der Waals surface area contributed by atoms with Crippen molar-refractivity contribution < 1.29 is 0 Å². The fraction of sp³-hybridized carbons (Fsp3) is 0.789. The van der Waals surface area contributed by atoms with Crippen LogP contribution in [0.2, 0.25) is 0 Å².